The van der Waals surface area contributed by atoms with Crippen molar-refractivity contribution in [3.8, 4) is 34.1 Å². The van der Waals surface area contributed by atoms with Gasteiger partial charge in [0.05, 0.1) is 11.1 Å². The summed E-state index contributed by atoms with van der Waals surface area (Å²) >= 11 is 0. The summed E-state index contributed by atoms with van der Waals surface area (Å²) in [5, 5.41) is 0. The van der Waals surface area contributed by atoms with Gasteiger partial charge in [0.15, 0.2) is 0 Å². The van der Waals surface area contributed by atoms with Crippen molar-refractivity contribution in [1.29, 1.82) is 0 Å². The summed E-state index contributed by atoms with van der Waals surface area (Å²) in [6.45, 7) is 0. The lowest BCUT2D eigenvalue weighted by atomic mass is 10.0. The van der Waals surface area contributed by atoms with Crippen LogP contribution in [0.5, 0.6) is 23.0 Å². The van der Waals surface area contributed by atoms with Crippen LogP contribution in [0.3, 0.4) is 0 Å². The molecule has 0 spiro atoms. The van der Waals surface area contributed by atoms with Gasteiger partial charge < -0.3 is 57.2 Å². The molecule has 0 radical (unpaired) electrons. The Morgan fingerprint density at radius 1 is 0.429 bits per heavy atom. The molecule has 8 N–H and O–H groups in total. The van der Waals surface area contributed by atoms with Gasteiger partial charge in [-0.05, 0) is 24.3 Å². The second-order valence-corrected chi connectivity index (χ2v) is 7.39. The summed E-state index contributed by atoms with van der Waals surface area (Å²) in [7, 11) is -11.7. The SMILES string of the molecule is OP(O)Oc1cccc(OP(O)O)c1-c1c(OP(O)O)cccc1OP(O)O. The predicted octanol–water partition coefficient (Wildman–Crippen LogP) is 1.71. The van der Waals surface area contributed by atoms with Crippen LogP contribution in [-0.4, -0.2) is 39.1 Å². The van der Waals surface area contributed by atoms with E-state index >= 15 is 0 Å². The van der Waals surface area contributed by atoms with E-state index in [0.29, 0.717) is 0 Å². The van der Waals surface area contributed by atoms with Crippen LogP contribution in [0.1, 0.15) is 0 Å². The van der Waals surface area contributed by atoms with E-state index in [9.17, 15) is 39.1 Å². The van der Waals surface area contributed by atoms with Gasteiger partial charge in [0, 0.05) is 0 Å². The first-order chi connectivity index (χ1) is 13.2. The smallest absolute Gasteiger partial charge is 0.391 e. The van der Waals surface area contributed by atoms with Gasteiger partial charge >= 0.3 is 34.4 Å². The van der Waals surface area contributed by atoms with Crippen LogP contribution in [0.25, 0.3) is 11.1 Å². The van der Waals surface area contributed by atoms with Crippen LogP contribution in [0.4, 0.5) is 0 Å². The molecule has 0 saturated carbocycles. The first-order valence-electron chi connectivity index (χ1n) is 6.88. The minimum Gasteiger partial charge on any atom is -0.426 e. The van der Waals surface area contributed by atoms with Gasteiger partial charge in [-0.25, -0.2) is 0 Å². The molecule has 0 bridgehead atoms. The van der Waals surface area contributed by atoms with Gasteiger partial charge in [0.1, 0.15) is 23.0 Å². The largest absolute Gasteiger partial charge is 0.426 e. The maximum absolute atomic E-state index is 9.23. The third kappa shape index (κ3) is 6.54. The molecule has 2 rings (SSSR count). The van der Waals surface area contributed by atoms with Gasteiger partial charge in [-0.3, -0.25) is 0 Å². The molecule has 0 aliphatic heterocycles. The Balaban J connectivity index is 2.78. The van der Waals surface area contributed by atoms with E-state index in [1.54, 1.807) is 0 Å². The Morgan fingerprint density at radius 3 is 0.821 bits per heavy atom. The average molecular weight is 474 g/mol. The lowest BCUT2D eigenvalue weighted by molar-refractivity contribution is 0.362. The van der Waals surface area contributed by atoms with Crippen molar-refractivity contribution in [2.75, 3.05) is 0 Å². The summed E-state index contributed by atoms with van der Waals surface area (Å²) in [6.07, 6.45) is 0. The van der Waals surface area contributed by atoms with Crippen molar-refractivity contribution in [1.82, 2.24) is 0 Å². The van der Waals surface area contributed by atoms with Crippen LogP contribution in [0, 0.1) is 0 Å². The molecule has 0 amide bonds. The highest BCUT2D eigenvalue weighted by atomic mass is 31.2. The van der Waals surface area contributed by atoms with Gasteiger partial charge in [-0.2, -0.15) is 0 Å². The highest BCUT2D eigenvalue weighted by Crippen LogP contribution is 2.53. The van der Waals surface area contributed by atoms with E-state index in [1.165, 1.54) is 36.4 Å². The number of rotatable bonds is 9. The molecule has 0 aromatic heterocycles. The molecule has 2 aromatic rings. The molecule has 154 valence electrons. The maximum atomic E-state index is 9.23. The van der Waals surface area contributed by atoms with Gasteiger partial charge in [0.25, 0.3) is 0 Å². The van der Waals surface area contributed by atoms with Crippen LogP contribution < -0.4 is 18.1 Å². The quantitative estimate of drug-likeness (QED) is 0.245. The Hall–Kier alpha value is -0.960. The third-order valence-corrected chi connectivity index (χ3v) is 4.39. The lowest BCUT2D eigenvalue weighted by Gasteiger charge is -2.21. The summed E-state index contributed by atoms with van der Waals surface area (Å²) in [4.78, 5) is 73.8. The summed E-state index contributed by atoms with van der Waals surface area (Å²) in [6, 6.07) is 7.75. The minimum absolute atomic E-state index is 0.173. The van der Waals surface area contributed by atoms with E-state index in [-0.39, 0.29) is 34.1 Å². The molecule has 0 atom stereocenters. The van der Waals surface area contributed by atoms with Crippen molar-refractivity contribution in [2.24, 2.45) is 0 Å². The van der Waals surface area contributed by atoms with E-state index in [0.717, 1.165) is 0 Å². The molecule has 12 nitrogen and oxygen atoms in total. The zero-order chi connectivity index (χ0) is 20.8. The van der Waals surface area contributed by atoms with Crippen LogP contribution >= 0.6 is 34.4 Å². The molecule has 0 fully saturated rings. The van der Waals surface area contributed by atoms with Gasteiger partial charge in [-0.15, -0.1) is 0 Å². The molecule has 0 saturated heterocycles. The van der Waals surface area contributed by atoms with Gasteiger partial charge in [0.2, 0.25) is 0 Å². The lowest BCUT2D eigenvalue weighted by Crippen LogP contribution is -1.99. The molecule has 2 aromatic carbocycles. The Morgan fingerprint density at radius 2 is 0.643 bits per heavy atom. The Kier molecular flexibility index (Phi) is 8.92. The minimum atomic E-state index is -2.92. The molecule has 0 unspecified atom stereocenters. The molecule has 0 heterocycles. The maximum Gasteiger partial charge on any atom is 0.391 e. The molecular formula is C12H14O12P4. The van der Waals surface area contributed by atoms with Crippen LogP contribution in [0.15, 0.2) is 36.4 Å². The first-order valence-corrected chi connectivity index (χ1v) is 11.5. The van der Waals surface area contributed by atoms with Crippen molar-refractivity contribution in [2.45, 2.75) is 0 Å². The molecule has 28 heavy (non-hydrogen) atoms. The normalized spacial score (nSPS) is 11.4. The number of benzene rings is 2. The monoisotopic (exact) mass is 474 g/mol. The Bertz CT molecular complexity index is 665. The van der Waals surface area contributed by atoms with E-state index < -0.39 is 34.4 Å². The van der Waals surface area contributed by atoms with Crippen molar-refractivity contribution < 1.29 is 57.2 Å². The summed E-state index contributed by atoms with van der Waals surface area (Å²) in [5.41, 5.74) is -0.346. The summed E-state index contributed by atoms with van der Waals surface area (Å²) in [5.74, 6) is -0.975. The van der Waals surface area contributed by atoms with Crippen molar-refractivity contribution >= 4 is 34.4 Å². The van der Waals surface area contributed by atoms with Crippen LogP contribution in [0.2, 0.25) is 0 Å². The zero-order valence-corrected chi connectivity index (χ0v) is 17.0. The van der Waals surface area contributed by atoms with E-state index in [1.807, 2.05) is 0 Å². The van der Waals surface area contributed by atoms with Crippen molar-refractivity contribution in [3.05, 3.63) is 36.4 Å². The van der Waals surface area contributed by atoms with E-state index in [4.69, 9.17) is 18.1 Å². The van der Waals surface area contributed by atoms with Crippen molar-refractivity contribution in [3.63, 3.8) is 0 Å². The highest BCUT2D eigenvalue weighted by molar-refractivity contribution is 7.40. The fourth-order valence-electron chi connectivity index (χ4n) is 2.17. The summed E-state index contributed by atoms with van der Waals surface area (Å²) < 4.78 is 19.7. The Labute approximate surface area is 162 Å². The second kappa shape index (κ2) is 10.7. The third-order valence-electron chi connectivity index (χ3n) is 2.95. The molecule has 0 aliphatic rings. The molecule has 16 heteroatoms. The predicted molar refractivity (Wildman–Crippen MR) is 99.8 cm³/mol. The van der Waals surface area contributed by atoms with Gasteiger partial charge in [-0.1, -0.05) is 12.1 Å². The van der Waals surface area contributed by atoms with Crippen LogP contribution in [-0.2, 0) is 0 Å². The molecule has 0 aliphatic carbocycles. The topological polar surface area (TPSA) is 199 Å². The number of hydrogen-bond acceptors (Lipinski definition) is 12. The standard InChI is InChI=1S/C12H14O12P4/c13-25(14)21-7-3-1-4-8(22-26(15)16)11(7)12-9(23-27(17)18)5-2-6-10(12)24-28(19)20/h1-6,13-20H. The average Bonchev–Trinajstić information content (AvgIpc) is 2.54. The van der Waals surface area contributed by atoms with E-state index in [2.05, 4.69) is 0 Å². The second-order valence-electron chi connectivity index (χ2n) is 4.63. The zero-order valence-electron chi connectivity index (χ0n) is 13.5. The fourth-order valence-corrected chi connectivity index (χ4v) is 3.48. The number of hydrogen-bond donors (Lipinski definition) is 8. The fraction of sp³-hybridized carbons (Fsp3) is 0. The highest BCUT2D eigenvalue weighted by Gasteiger charge is 2.26. The first kappa shape index (κ1) is 23.3. The molecular weight excluding hydrogens is 460 g/mol.